The first-order valence-corrected chi connectivity index (χ1v) is 25.9. The summed E-state index contributed by atoms with van der Waals surface area (Å²) in [5.74, 6) is -0.932. The molecule has 0 radical (unpaired) electrons. The summed E-state index contributed by atoms with van der Waals surface area (Å²) in [7, 11) is -4.40. The van der Waals surface area contributed by atoms with Crippen molar-refractivity contribution in [3.05, 3.63) is 109 Å². The number of nitrogens with two attached hydrogens (primary N) is 1. The Morgan fingerprint density at radius 3 is 1.29 bits per heavy atom. The summed E-state index contributed by atoms with van der Waals surface area (Å²) in [6.07, 6.45) is 64.4. The van der Waals surface area contributed by atoms with Crippen LogP contribution in [0.5, 0.6) is 0 Å². The van der Waals surface area contributed by atoms with E-state index < -0.39 is 32.5 Å². The first-order valence-electron chi connectivity index (χ1n) is 24.4. The van der Waals surface area contributed by atoms with Gasteiger partial charge in [0.1, 0.15) is 6.61 Å². The Labute approximate surface area is 384 Å². The average molecular weight is 898 g/mol. The third-order valence-electron chi connectivity index (χ3n) is 9.67. The molecule has 0 fully saturated rings. The SMILES string of the molecule is CC/C=C\C/C=C\C/C=C\C/C=C\C/C=C\CCCCCCCCCCCCCCCC(=O)OC(COC(=O)CC/C=C\C/C=C\C/C=C\C/C=C\CC)COP(=O)(O)OCCN. The number of allylic oxidation sites excluding steroid dienone is 18. The Hall–Kier alpha value is -3.33. The molecule has 0 bridgehead atoms. The molecule has 0 saturated heterocycles. The molecule has 63 heavy (non-hydrogen) atoms. The maximum atomic E-state index is 12.6. The van der Waals surface area contributed by atoms with E-state index in [1.165, 1.54) is 64.2 Å². The lowest BCUT2D eigenvalue weighted by Crippen LogP contribution is -2.29. The van der Waals surface area contributed by atoms with E-state index in [0.29, 0.717) is 12.8 Å². The van der Waals surface area contributed by atoms with Gasteiger partial charge in [-0.05, 0) is 83.5 Å². The smallest absolute Gasteiger partial charge is 0.462 e. The zero-order valence-electron chi connectivity index (χ0n) is 39.5. The molecule has 3 N–H and O–H groups in total. The van der Waals surface area contributed by atoms with Crippen molar-refractivity contribution in [2.45, 2.75) is 187 Å². The number of ether oxygens (including phenoxy) is 2. The molecule has 9 nitrogen and oxygen atoms in total. The first kappa shape index (κ1) is 59.7. The van der Waals surface area contributed by atoms with Gasteiger partial charge in [-0.1, -0.05) is 194 Å². The largest absolute Gasteiger partial charge is 0.472 e. The van der Waals surface area contributed by atoms with E-state index in [1.54, 1.807) is 0 Å². The highest BCUT2D eigenvalue weighted by Crippen LogP contribution is 2.43. The lowest BCUT2D eigenvalue weighted by molar-refractivity contribution is -0.161. The third-order valence-corrected chi connectivity index (χ3v) is 10.7. The maximum absolute atomic E-state index is 12.6. The van der Waals surface area contributed by atoms with Gasteiger partial charge in [-0.15, -0.1) is 0 Å². The van der Waals surface area contributed by atoms with Gasteiger partial charge in [-0.25, -0.2) is 4.57 Å². The van der Waals surface area contributed by atoms with Gasteiger partial charge >= 0.3 is 19.8 Å². The number of hydrogen-bond acceptors (Lipinski definition) is 8. The van der Waals surface area contributed by atoms with Crippen molar-refractivity contribution in [1.29, 1.82) is 0 Å². The second-order valence-corrected chi connectivity index (χ2v) is 17.0. The zero-order valence-corrected chi connectivity index (χ0v) is 40.4. The van der Waals surface area contributed by atoms with Gasteiger partial charge in [0.25, 0.3) is 0 Å². The van der Waals surface area contributed by atoms with Gasteiger partial charge in [0, 0.05) is 19.4 Å². The number of carbonyl (C=O) groups excluding carboxylic acids is 2. The van der Waals surface area contributed by atoms with Crippen molar-refractivity contribution in [2.75, 3.05) is 26.4 Å². The minimum atomic E-state index is -4.40. The molecule has 0 saturated carbocycles. The van der Waals surface area contributed by atoms with Crippen molar-refractivity contribution in [1.82, 2.24) is 0 Å². The third kappa shape index (κ3) is 48.0. The number of phosphoric acid groups is 1. The highest BCUT2D eigenvalue weighted by Gasteiger charge is 2.26. The molecule has 0 aliphatic carbocycles. The van der Waals surface area contributed by atoms with Crippen molar-refractivity contribution in [3.63, 3.8) is 0 Å². The maximum Gasteiger partial charge on any atom is 0.472 e. The van der Waals surface area contributed by atoms with Crippen molar-refractivity contribution < 1.29 is 37.6 Å². The summed E-state index contributed by atoms with van der Waals surface area (Å²) >= 11 is 0. The Balaban J connectivity index is 4.06. The highest BCUT2D eigenvalue weighted by molar-refractivity contribution is 7.47. The van der Waals surface area contributed by atoms with Crippen LogP contribution in [0.2, 0.25) is 0 Å². The summed E-state index contributed by atoms with van der Waals surface area (Å²) in [5, 5.41) is 0. The molecule has 0 aliphatic heterocycles. The minimum Gasteiger partial charge on any atom is -0.462 e. The van der Waals surface area contributed by atoms with Gasteiger partial charge in [0.2, 0.25) is 0 Å². The molecule has 0 aromatic carbocycles. The quantitative estimate of drug-likeness (QED) is 0.0265. The van der Waals surface area contributed by atoms with E-state index in [4.69, 9.17) is 24.3 Å². The molecule has 358 valence electrons. The fourth-order valence-electron chi connectivity index (χ4n) is 6.15. The molecular formula is C53H88NO8P. The average Bonchev–Trinajstić information content (AvgIpc) is 3.27. The molecule has 0 aromatic heterocycles. The van der Waals surface area contributed by atoms with Crippen LogP contribution in [0.4, 0.5) is 0 Å². The van der Waals surface area contributed by atoms with E-state index in [9.17, 15) is 19.0 Å². The Kier molecular flexibility index (Phi) is 45.6. The lowest BCUT2D eigenvalue weighted by atomic mass is 10.0. The number of phosphoric ester groups is 1. The Bertz CT molecular complexity index is 1390. The van der Waals surface area contributed by atoms with Crippen LogP contribution in [0, 0.1) is 0 Å². The van der Waals surface area contributed by atoms with Crippen LogP contribution in [0.3, 0.4) is 0 Å². The van der Waals surface area contributed by atoms with E-state index in [2.05, 4.69) is 111 Å². The van der Waals surface area contributed by atoms with Crippen LogP contribution >= 0.6 is 7.82 Å². The van der Waals surface area contributed by atoms with Crippen LogP contribution in [0.15, 0.2) is 109 Å². The Morgan fingerprint density at radius 2 is 0.857 bits per heavy atom. The minimum absolute atomic E-state index is 0.0392. The highest BCUT2D eigenvalue weighted by atomic mass is 31.2. The molecule has 0 aliphatic rings. The number of unbranched alkanes of at least 4 members (excludes halogenated alkanes) is 13. The van der Waals surface area contributed by atoms with Crippen LogP contribution in [0.25, 0.3) is 0 Å². The van der Waals surface area contributed by atoms with Crippen LogP contribution in [0.1, 0.15) is 181 Å². The van der Waals surface area contributed by atoms with Gasteiger partial charge in [-0.3, -0.25) is 18.6 Å². The molecule has 0 aromatic rings. The predicted molar refractivity (Wildman–Crippen MR) is 265 cm³/mol. The van der Waals surface area contributed by atoms with Crippen molar-refractivity contribution in [3.8, 4) is 0 Å². The van der Waals surface area contributed by atoms with Crippen LogP contribution < -0.4 is 5.73 Å². The summed E-state index contributed by atoms with van der Waals surface area (Å²) in [6, 6.07) is 0. The van der Waals surface area contributed by atoms with Gasteiger partial charge < -0.3 is 20.1 Å². The molecule has 0 spiro atoms. The summed E-state index contributed by atoms with van der Waals surface area (Å²) in [5.41, 5.74) is 5.35. The number of hydrogen-bond donors (Lipinski definition) is 2. The Morgan fingerprint density at radius 1 is 0.476 bits per heavy atom. The fourth-order valence-corrected chi connectivity index (χ4v) is 6.91. The normalized spacial score (nSPS) is 14.2. The number of esters is 2. The molecule has 0 rings (SSSR count). The number of rotatable bonds is 44. The molecule has 0 heterocycles. The molecular weight excluding hydrogens is 810 g/mol. The van der Waals surface area contributed by atoms with Crippen LogP contribution in [-0.2, 0) is 32.7 Å². The summed E-state index contributed by atoms with van der Waals surface area (Å²) in [6.45, 7) is 3.40. The van der Waals surface area contributed by atoms with Gasteiger partial charge in [0.15, 0.2) is 6.10 Å². The van der Waals surface area contributed by atoms with Crippen LogP contribution in [-0.4, -0.2) is 49.3 Å². The van der Waals surface area contributed by atoms with Crippen molar-refractivity contribution in [2.24, 2.45) is 5.73 Å². The fraction of sp³-hybridized carbons (Fsp3) is 0.623. The molecule has 0 amide bonds. The van der Waals surface area contributed by atoms with E-state index in [0.717, 1.165) is 77.0 Å². The second-order valence-electron chi connectivity index (χ2n) is 15.6. The van der Waals surface area contributed by atoms with E-state index >= 15 is 0 Å². The zero-order chi connectivity index (χ0) is 46.0. The monoisotopic (exact) mass is 898 g/mol. The summed E-state index contributed by atoms with van der Waals surface area (Å²) in [4.78, 5) is 34.9. The van der Waals surface area contributed by atoms with Gasteiger partial charge in [-0.2, -0.15) is 0 Å². The van der Waals surface area contributed by atoms with Crippen molar-refractivity contribution >= 4 is 19.8 Å². The summed E-state index contributed by atoms with van der Waals surface area (Å²) < 4.78 is 32.7. The first-order chi connectivity index (χ1) is 30.8. The topological polar surface area (TPSA) is 134 Å². The number of carbonyl (C=O) groups is 2. The van der Waals surface area contributed by atoms with Gasteiger partial charge in [0.05, 0.1) is 13.2 Å². The lowest BCUT2D eigenvalue weighted by Gasteiger charge is -2.19. The molecule has 2 atom stereocenters. The predicted octanol–water partition coefficient (Wildman–Crippen LogP) is 14.7. The van der Waals surface area contributed by atoms with E-state index in [1.807, 2.05) is 12.2 Å². The molecule has 10 heteroatoms. The second kappa shape index (κ2) is 48.1. The molecule has 2 unspecified atom stereocenters. The standard InChI is InChI=1S/C53H88NO8P/c1-3-5-7-9-11-13-15-17-18-19-20-21-22-23-24-25-26-27-28-29-30-31-32-34-36-38-40-42-44-46-53(56)62-51(50-61-63(57,58)60-48-47-54)49-59-52(55)45-43-41-39-37-35-33-16-14-12-10-8-6-4-2/h5-8,11-14,17-18,20-21,23-24,33,35,39,41,51H,3-4,9-10,15-16,19,22,25-32,34,36-38,40,42-50,54H2,1-2H3,(H,57,58)/b7-5-,8-6-,13-11-,14-12-,18-17-,21-20-,24-23-,35-33-,41-39-. The van der Waals surface area contributed by atoms with E-state index in [-0.39, 0.29) is 32.6 Å².